The van der Waals surface area contributed by atoms with E-state index in [4.69, 9.17) is 4.74 Å². The number of hydrogen-bond acceptors (Lipinski definition) is 5. The summed E-state index contributed by atoms with van der Waals surface area (Å²) in [5.74, 6) is -0.356. The number of likely N-dealkylation sites (N-methyl/N-ethyl adjacent to an activating group) is 1. The van der Waals surface area contributed by atoms with Gasteiger partial charge >= 0.3 is 0 Å². The zero-order chi connectivity index (χ0) is 15.2. The van der Waals surface area contributed by atoms with Gasteiger partial charge in [0.05, 0.1) is 24.9 Å². The molecule has 120 valence electrons. The Labute approximate surface area is 125 Å². The van der Waals surface area contributed by atoms with Gasteiger partial charge < -0.3 is 15.2 Å². The average molecular weight is 298 g/mol. The molecule has 0 aromatic heterocycles. The van der Waals surface area contributed by atoms with Gasteiger partial charge in [0.2, 0.25) is 11.8 Å². The van der Waals surface area contributed by atoms with E-state index in [2.05, 4.69) is 5.32 Å². The molecule has 2 atom stereocenters. The number of aliphatic hydroxyl groups is 1. The van der Waals surface area contributed by atoms with Gasteiger partial charge in [-0.15, -0.1) is 0 Å². The Balaban J connectivity index is 1.65. The maximum Gasteiger partial charge on any atom is 0.246 e. The number of piperidine rings is 1. The third kappa shape index (κ3) is 4.76. The van der Waals surface area contributed by atoms with Crippen LogP contribution in [0.15, 0.2) is 0 Å². The van der Waals surface area contributed by atoms with Crippen molar-refractivity contribution in [2.24, 2.45) is 0 Å². The van der Waals surface area contributed by atoms with Gasteiger partial charge in [-0.1, -0.05) is 19.3 Å². The molecule has 1 heterocycles. The van der Waals surface area contributed by atoms with Gasteiger partial charge in [-0.05, 0) is 19.3 Å². The highest BCUT2D eigenvalue weighted by Crippen LogP contribution is 2.20. The second-order valence-corrected chi connectivity index (χ2v) is 6.04. The fraction of sp³-hybridized carbons (Fsp3) is 0.867. The first-order valence-corrected chi connectivity index (χ1v) is 7.91. The third-order valence-electron chi connectivity index (χ3n) is 4.33. The molecule has 2 aliphatic rings. The van der Waals surface area contributed by atoms with Crippen LogP contribution in [0.5, 0.6) is 0 Å². The van der Waals surface area contributed by atoms with Crippen LogP contribution in [-0.2, 0) is 14.3 Å². The minimum atomic E-state index is -0.623. The van der Waals surface area contributed by atoms with Crippen molar-refractivity contribution >= 4 is 11.8 Å². The summed E-state index contributed by atoms with van der Waals surface area (Å²) in [6.45, 7) is 0.610. The Bertz CT molecular complexity index is 369. The fourth-order valence-corrected chi connectivity index (χ4v) is 2.92. The van der Waals surface area contributed by atoms with E-state index in [-0.39, 0.29) is 24.0 Å². The maximum absolute atomic E-state index is 11.9. The lowest BCUT2D eigenvalue weighted by Gasteiger charge is -2.29. The Hall–Kier alpha value is -0.980. The second kappa shape index (κ2) is 7.87. The number of nitrogens with zero attached hydrogens (tertiary/aromatic N) is 1. The van der Waals surface area contributed by atoms with Crippen molar-refractivity contribution in [3.05, 3.63) is 0 Å². The summed E-state index contributed by atoms with van der Waals surface area (Å²) in [5, 5.41) is 13.0. The molecule has 6 heteroatoms. The number of amides is 2. The van der Waals surface area contributed by atoms with E-state index in [1.165, 1.54) is 26.3 Å². The Morgan fingerprint density at radius 1 is 1.29 bits per heavy atom. The van der Waals surface area contributed by atoms with E-state index in [0.29, 0.717) is 26.0 Å². The van der Waals surface area contributed by atoms with Crippen molar-refractivity contribution in [1.82, 2.24) is 10.2 Å². The summed E-state index contributed by atoms with van der Waals surface area (Å²) in [7, 11) is 1.50. The van der Waals surface area contributed by atoms with E-state index < -0.39 is 6.10 Å². The molecule has 2 N–H and O–H groups in total. The van der Waals surface area contributed by atoms with Crippen LogP contribution >= 0.6 is 0 Å². The average Bonchev–Trinajstić information content (AvgIpc) is 2.51. The monoisotopic (exact) mass is 298 g/mol. The van der Waals surface area contributed by atoms with Crippen LogP contribution in [0.3, 0.4) is 0 Å². The smallest absolute Gasteiger partial charge is 0.246 e. The van der Waals surface area contributed by atoms with Crippen molar-refractivity contribution in [3.8, 4) is 0 Å². The zero-order valence-electron chi connectivity index (χ0n) is 12.7. The van der Waals surface area contributed by atoms with E-state index in [1.807, 2.05) is 0 Å². The van der Waals surface area contributed by atoms with Crippen LogP contribution in [0.4, 0.5) is 0 Å². The van der Waals surface area contributed by atoms with Crippen molar-refractivity contribution in [2.75, 3.05) is 20.2 Å². The minimum absolute atomic E-state index is 0.140. The summed E-state index contributed by atoms with van der Waals surface area (Å²) in [6, 6.07) is -0.378. The largest absolute Gasteiger partial charge is 0.389 e. The van der Waals surface area contributed by atoms with Crippen LogP contribution in [0.2, 0.25) is 0 Å². The zero-order valence-corrected chi connectivity index (χ0v) is 12.7. The first-order chi connectivity index (χ1) is 10.1. The number of carbonyl (C=O) groups is 2. The molecule has 0 aromatic rings. The van der Waals surface area contributed by atoms with E-state index in [9.17, 15) is 14.7 Å². The topological polar surface area (TPSA) is 78.9 Å². The van der Waals surface area contributed by atoms with Crippen LogP contribution in [0.1, 0.15) is 44.9 Å². The molecule has 1 aliphatic heterocycles. The Kier molecular flexibility index (Phi) is 6.14. The second-order valence-electron chi connectivity index (χ2n) is 6.04. The lowest BCUT2D eigenvalue weighted by atomic mass is 9.98. The molecular weight excluding hydrogens is 272 g/mol. The maximum atomic E-state index is 11.9. The Morgan fingerprint density at radius 2 is 2.00 bits per heavy atom. The molecule has 2 rings (SSSR count). The van der Waals surface area contributed by atoms with Gasteiger partial charge in [-0.3, -0.25) is 14.5 Å². The van der Waals surface area contributed by atoms with Gasteiger partial charge in [0.15, 0.2) is 0 Å². The number of nitrogens with one attached hydrogen (secondary N) is 1. The summed E-state index contributed by atoms with van der Waals surface area (Å²) in [6.07, 6.45) is 6.36. The molecular formula is C15H26N2O4. The van der Waals surface area contributed by atoms with Gasteiger partial charge in [-0.2, -0.15) is 0 Å². The fourth-order valence-electron chi connectivity index (χ4n) is 2.92. The molecule has 0 bridgehead atoms. The van der Waals surface area contributed by atoms with Crippen molar-refractivity contribution in [3.63, 3.8) is 0 Å². The van der Waals surface area contributed by atoms with E-state index in [0.717, 1.165) is 17.7 Å². The highest BCUT2D eigenvalue weighted by molar-refractivity contribution is 6.00. The molecule has 0 aromatic carbocycles. The van der Waals surface area contributed by atoms with E-state index in [1.54, 1.807) is 0 Å². The number of imide groups is 1. The number of ether oxygens (including phenoxy) is 1. The van der Waals surface area contributed by atoms with Crippen molar-refractivity contribution < 1.29 is 19.4 Å². The summed E-state index contributed by atoms with van der Waals surface area (Å²) in [4.78, 5) is 24.4. The Morgan fingerprint density at radius 3 is 2.71 bits per heavy atom. The minimum Gasteiger partial charge on any atom is -0.389 e. The first-order valence-electron chi connectivity index (χ1n) is 7.91. The lowest BCUT2D eigenvalue weighted by Crippen LogP contribution is -2.53. The molecule has 6 nitrogen and oxygen atoms in total. The molecule has 1 saturated heterocycles. The van der Waals surface area contributed by atoms with Crippen LogP contribution < -0.4 is 5.32 Å². The summed E-state index contributed by atoms with van der Waals surface area (Å²) < 4.78 is 5.71. The van der Waals surface area contributed by atoms with Gasteiger partial charge in [0.1, 0.15) is 0 Å². The summed E-state index contributed by atoms with van der Waals surface area (Å²) >= 11 is 0. The lowest BCUT2D eigenvalue weighted by molar-refractivity contribution is -0.148. The predicted octanol–water partition coefficient (Wildman–Crippen LogP) is 0.434. The van der Waals surface area contributed by atoms with Crippen molar-refractivity contribution in [1.29, 1.82) is 0 Å². The van der Waals surface area contributed by atoms with Crippen LogP contribution in [0, 0.1) is 0 Å². The standard InChI is InChI=1S/C15H26N2O4/c1-17-14(19)8-7-13(15(17)20)16-9-11(18)10-21-12-5-3-2-4-6-12/h11-13,16,18H,2-10H2,1H3. The number of carbonyl (C=O) groups excluding carboxylic acids is 2. The molecule has 2 fully saturated rings. The predicted molar refractivity (Wildman–Crippen MR) is 77.6 cm³/mol. The molecule has 2 unspecified atom stereocenters. The van der Waals surface area contributed by atoms with Gasteiger partial charge in [-0.25, -0.2) is 0 Å². The number of aliphatic hydroxyl groups excluding tert-OH is 1. The van der Waals surface area contributed by atoms with Crippen LogP contribution in [0.25, 0.3) is 0 Å². The summed E-state index contributed by atoms with van der Waals surface area (Å²) in [5.41, 5.74) is 0. The molecule has 0 radical (unpaired) electrons. The van der Waals surface area contributed by atoms with Gasteiger partial charge in [0.25, 0.3) is 0 Å². The molecule has 2 amide bonds. The first kappa shape index (κ1) is 16.4. The molecule has 1 aliphatic carbocycles. The SMILES string of the molecule is CN1C(=O)CCC(NCC(O)COC2CCCCC2)C1=O. The van der Waals surface area contributed by atoms with Gasteiger partial charge in [0, 0.05) is 20.0 Å². The van der Waals surface area contributed by atoms with Crippen LogP contribution in [-0.4, -0.2) is 60.3 Å². The normalized spacial score (nSPS) is 26.2. The number of likely N-dealkylation sites (tertiary alicyclic amines) is 1. The number of hydrogen-bond donors (Lipinski definition) is 2. The molecule has 0 spiro atoms. The van der Waals surface area contributed by atoms with E-state index >= 15 is 0 Å². The quantitative estimate of drug-likeness (QED) is 0.695. The molecule has 21 heavy (non-hydrogen) atoms. The highest BCUT2D eigenvalue weighted by Gasteiger charge is 2.31. The van der Waals surface area contributed by atoms with Crippen molar-refractivity contribution in [2.45, 2.75) is 63.2 Å². The number of rotatable bonds is 6. The third-order valence-corrected chi connectivity index (χ3v) is 4.33. The highest BCUT2D eigenvalue weighted by atomic mass is 16.5. The molecule has 1 saturated carbocycles.